The first-order valence-corrected chi connectivity index (χ1v) is 15.1. The van der Waals surface area contributed by atoms with Crippen LogP contribution in [0.25, 0.3) is 33.4 Å². The average molecular weight is 603 g/mol. The number of nitrogens with zero attached hydrogens (tertiary/aromatic N) is 3. The van der Waals surface area contributed by atoms with E-state index in [0.29, 0.717) is 50.3 Å². The smallest absolute Gasteiger partial charge is 0.268 e. The normalized spacial score (nSPS) is 11.8. The molecule has 0 atom stereocenters. The summed E-state index contributed by atoms with van der Waals surface area (Å²) < 4.78 is 31.2. The van der Waals surface area contributed by atoms with E-state index in [4.69, 9.17) is 28.2 Å². The van der Waals surface area contributed by atoms with Crippen molar-refractivity contribution in [1.82, 2.24) is 13.5 Å². The molecule has 0 saturated heterocycles. The highest BCUT2D eigenvalue weighted by atomic mass is 35.5. The van der Waals surface area contributed by atoms with Gasteiger partial charge >= 0.3 is 0 Å². The van der Waals surface area contributed by atoms with E-state index in [0.717, 1.165) is 16.7 Å². The van der Waals surface area contributed by atoms with Crippen molar-refractivity contribution >= 4 is 44.1 Å². The monoisotopic (exact) mass is 601 g/mol. The summed E-state index contributed by atoms with van der Waals surface area (Å²) in [4.78, 5) is 5.02. The third kappa shape index (κ3) is 5.06. The summed E-state index contributed by atoms with van der Waals surface area (Å²) in [6, 6.07) is 29.1. The molecule has 4 aromatic carbocycles. The molecule has 2 heterocycles. The third-order valence-corrected chi connectivity index (χ3v) is 9.23. The average Bonchev–Trinajstić information content (AvgIpc) is 3.53. The molecule has 41 heavy (non-hydrogen) atoms. The number of imidazole rings is 1. The lowest BCUT2D eigenvalue weighted by atomic mass is 10.0. The molecule has 0 aliphatic heterocycles. The molecule has 0 fully saturated rings. The molecule has 6 nitrogen and oxygen atoms in total. The SMILES string of the molecule is Cc1ccc(S(=O)(=O)n2cc(-c3c(-c4ccccc4)nc(CO)n3Cc3ccc(Cl)cc3)c3ccc(Cl)cc32)cc1. The van der Waals surface area contributed by atoms with E-state index in [-0.39, 0.29) is 11.5 Å². The lowest BCUT2D eigenvalue weighted by Gasteiger charge is -2.13. The lowest BCUT2D eigenvalue weighted by molar-refractivity contribution is 0.266. The van der Waals surface area contributed by atoms with Crippen LogP contribution >= 0.6 is 23.2 Å². The number of aryl methyl sites for hydroxylation is 1. The van der Waals surface area contributed by atoms with Crippen LogP contribution in [0.2, 0.25) is 10.0 Å². The molecule has 2 aromatic heterocycles. The number of fused-ring (bicyclic) bond motifs is 1. The second-order valence-corrected chi connectivity index (χ2v) is 12.5. The molecular formula is C32H25Cl2N3O3S. The first-order chi connectivity index (χ1) is 19.8. The summed E-state index contributed by atoms with van der Waals surface area (Å²) in [6.45, 7) is 1.98. The van der Waals surface area contributed by atoms with Crippen LogP contribution < -0.4 is 0 Å². The molecule has 0 bridgehead atoms. The topological polar surface area (TPSA) is 77.1 Å². The van der Waals surface area contributed by atoms with Crippen LogP contribution in [-0.2, 0) is 23.2 Å². The van der Waals surface area contributed by atoms with Crippen LogP contribution in [0.4, 0.5) is 0 Å². The Labute approximate surface area is 248 Å². The van der Waals surface area contributed by atoms with Gasteiger partial charge in [0.15, 0.2) is 0 Å². The van der Waals surface area contributed by atoms with Gasteiger partial charge in [0.05, 0.1) is 21.8 Å². The molecule has 0 aliphatic carbocycles. The Morgan fingerprint density at radius 1 is 0.854 bits per heavy atom. The number of hydrogen-bond acceptors (Lipinski definition) is 4. The highest BCUT2D eigenvalue weighted by molar-refractivity contribution is 7.90. The van der Waals surface area contributed by atoms with Crippen molar-refractivity contribution < 1.29 is 13.5 Å². The number of aromatic nitrogens is 3. The standard InChI is InChI=1S/C32H25Cl2N3O3S/c1-21-7-14-26(15-8-21)41(39,40)37-19-28(27-16-13-25(34)17-29(27)37)32-31(23-5-3-2-4-6-23)35-30(20-38)36(32)18-22-9-11-24(33)12-10-22/h2-17,19,38H,18,20H2,1H3. The Morgan fingerprint density at radius 2 is 1.54 bits per heavy atom. The second kappa shape index (κ2) is 10.8. The van der Waals surface area contributed by atoms with Crippen LogP contribution in [-0.4, -0.2) is 27.0 Å². The minimum Gasteiger partial charge on any atom is -0.388 e. The van der Waals surface area contributed by atoms with Crippen molar-refractivity contribution in [3.8, 4) is 22.5 Å². The molecule has 1 N–H and O–H groups in total. The van der Waals surface area contributed by atoms with Crippen molar-refractivity contribution in [3.05, 3.63) is 130 Å². The molecule has 6 aromatic rings. The summed E-state index contributed by atoms with van der Waals surface area (Å²) in [5.41, 5.74) is 5.14. The summed E-state index contributed by atoms with van der Waals surface area (Å²) in [5.74, 6) is 0.449. The van der Waals surface area contributed by atoms with Crippen LogP contribution in [0.15, 0.2) is 108 Å². The van der Waals surface area contributed by atoms with Crippen LogP contribution in [0.3, 0.4) is 0 Å². The van der Waals surface area contributed by atoms with Crippen molar-refractivity contribution in [3.63, 3.8) is 0 Å². The van der Waals surface area contributed by atoms with E-state index in [1.54, 1.807) is 42.6 Å². The van der Waals surface area contributed by atoms with E-state index in [1.165, 1.54) is 3.97 Å². The van der Waals surface area contributed by atoms with Gasteiger partial charge in [-0.25, -0.2) is 17.4 Å². The maximum absolute atomic E-state index is 14.0. The fourth-order valence-corrected chi connectivity index (χ4v) is 6.67. The maximum atomic E-state index is 14.0. The quantitative estimate of drug-likeness (QED) is 0.205. The van der Waals surface area contributed by atoms with E-state index in [1.807, 2.05) is 72.2 Å². The Hall–Kier alpha value is -3.88. The van der Waals surface area contributed by atoms with Crippen LogP contribution in [0.5, 0.6) is 0 Å². The maximum Gasteiger partial charge on any atom is 0.268 e. The molecule has 9 heteroatoms. The van der Waals surface area contributed by atoms with Gasteiger partial charge in [0.1, 0.15) is 12.4 Å². The fraction of sp³-hybridized carbons (Fsp3) is 0.0938. The van der Waals surface area contributed by atoms with E-state index < -0.39 is 10.0 Å². The Kier molecular flexibility index (Phi) is 7.21. The van der Waals surface area contributed by atoms with Gasteiger partial charge in [-0.3, -0.25) is 0 Å². The highest BCUT2D eigenvalue weighted by Gasteiger charge is 2.27. The minimum atomic E-state index is -3.97. The highest BCUT2D eigenvalue weighted by Crippen LogP contribution is 2.40. The van der Waals surface area contributed by atoms with E-state index in [2.05, 4.69) is 0 Å². The molecule has 0 amide bonds. The number of halogens is 2. The molecular weight excluding hydrogens is 577 g/mol. The van der Waals surface area contributed by atoms with Gasteiger partial charge in [-0.2, -0.15) is 0 Å². The van der Waals surface area contributed by atoms with E-state index >= 15 is 0 Å². The summed E-state index contributed by atoms with van der Waals surface area (Å²) in [7, 11) is -3.97. The first-order valence-electron chi connectivity index (χ1n) is 12.9. The van der Waals surface area contributed by atoms with Gasteiger partial charge in [0, 0.05) is 39.3 Å². The predicted octanol–water partition coefficient (Wildman–Crippen LogP) is 7.56. The third-order valence-electron chi connectivity index (χ3n) is 7.06. The lowest BCUT2D eigenvalue weighted by Crippen LogP contribution is -2.12. The first kappa shape index (κ1) is 27.3. The molecule has 0 unspecified atom stereocenters. The van der Waals surface area contributed by atoms with Crippen molar-refractivity contribution in [2.24, 2.45) is 0 Å². The molecule has 0 aliphatic rings. The van der Waals surface area contributed by atoms with E-state index in [9.17, 15) is 13.5 Å². The van der Waals surface area contributed by atoms with Gasteiger partial charge in [-0.1, -0.05) is 89.4 Å². The number of hydrogen-bond donors (Lipinski definition) is 1. The molecule has 0 spiro atoms. The van der Waals surface area contributed by atoms with Gasteiger partial charge in [-0.05, 0) is 48.9 Å². The Bertz CT molecular complexity index is 1980. The molecule has 0 saturated carbocycles. The summed E-state index contributed by atoms with van der Waals surface area (Å²) >= 11 is 12.5. The summed E-state index contributed by atoms with van der Waals surface area (Å²) in [6.07, 6.45) is 1.62. The largest absolute Gasteiger partial charge is 0.388 e. The van der Waals surface area contributed by atoms with Gasteiger partial charge < -0.3 is 9.67 Å². The zero-order valence-corrected chi connectivity index (χ0v) is 24.3. The zero-order valence-electron chi connectivity index (χ0n) is 22.0. The number of aliphatic hydroxyl groups excluding tert-OH is 1. The number of aliphatic hydroxyl groups is 1. The summed E-state index contributed by atoms with van der Waals surface area (Å²) in [5, 5.41) is 12.1. The number of rotatable bonds is 7. The Balaban J connectivity index is 1.66. The van der Waals surface area contributed by atoms with Gasteiger partial charge in [0.2, 0.25) is 0 Å². The van der Waals surface area contributed by atoms with Crippen molar-refractivity contribution in [2.75, 3.05) is 0 Å². The molecule has 6 rings (SSSR count). The zero-order chi connectivity index (χ0) is 28.7. The van der Waals surface area contributed by atoms with Crippen LogP contribution in [0, 0.1) is 6.92 Å². The minimum absolute atomic E-state index is 0.167. The van der Waals surface area contributed by atoms with Gasteiger partial charge in [0.25, 0.3) is 10.0 Å². The number of benzene rings is 4. The second-order valence-electron chi connectivity index (χ2n) is 9.78. The molecule has 206 valence electrons. The fourth-order valence-electron chi connectivity index (χ4n) is 5.02. The Morgan fingerprint density at radius 3 is 2.22 bits per heavy atom. The van der Waals surface area contributed by atoms with Crippen molar-refractivity contribution in [1.29, 1.82) is 0 Å². The molecule has 0 radical (unpaired) electrons. The van der Waals surface area contributed by atoms with Crippen molar-refractivity contribution in [2.45, 2.75) is 25.0 Å². The predicted molar refractivity (Wildman–Crippen MR) is 164 cm³/mol. The van der Waals surface area contributed by atoms with Crippen LogP contribution in [0.1, 0.15) is 17.0 Å². The van der Waals surface area contributed by atoms with Gasteiger partial charge in [-0.15, -0.1) is 0 Å².